The van der Waals surface area contributed by atoms with Crippen LogP contribution in [0.25, 0.3) is 0 Å². The van der Waals surface area contributed by atoms with Crippen molar-refractivity contribution in [2.24, 2.45) is 0 Å². The summed E-state index contributed by atoms with van der Waals surface area (Å²) in [5, 5.41) is 0.852. The number of hydrogen-bond acceptors (Lipinski definition) is 1. The van der Waals surface area contributed by atoms with Crippen LogP contribution < -0.4 is 4.74 Å². The highest BCUT2D eigenvalue weighted by Gasteiger charge is 2.07. The van der Waals surface area contributed by atoms with E-state index in [2.05, 4.69) is 0 Å². The van der Waals surface area contributed by atoms with Gasteiger partial charge in [0.25, 0.3) is 0 Å². The minimum Gasteiger partial charge on any atom is -0.454 e. The Morgan fingerprint density at radius 1 is 1.00 bits per heavy atom. The Labute approximate surface area is 119 Å². The average Bonchev–Trinajstić information content (AvgIpc) is 2.30. The van der Waals surface area contributed by atoms with Crippen LogP contribution in [0.15, 0.2) is 36.4 Å². The van der Waals surface area contributed by atoms with E-state index in [-0.39, 0.29) is 11.6 Å². The molecular formula is C13H8Cl3FO. The summed E-state index contributed by atoms with van der Waals surface area (Å²) in [6.45, 7) is 0. The Morgan fingerprint density at radius 3 is 2.22 bits per heavy atom. The number of halogens is 4. The standard InChI is InChI=1S/C13H8Cl3FO/c14-7-8-1-2-13(12(17)3-8)18-11-5-9(15)4-10(16)6-11/h1-6H,7H2. The van der Waals surface area contributed by atoms with E-state index in [0.717, 1.165) is 0 Å². The summed E-state index contributed by atoms with van der Waals surface area (Å²) in [7, 11) is 0. The van der Waals surface area contributed by atoms with Gasteiger partial charge in [-0.15, -0.1) is 11.6 Å². The van der Waals surface area contributed by atoms with E-state index in [9.17, 15) is 4.39 Å². The molecule has 0 bridgehead atoms. The van der Waals surface area contributed by atoms with E-state index < -0.39 is 5.82 Å². The Kier molecular flexibility index (Phi) is 4.33. The predicted molar refractivity (Wildman–Crippen MR) is 72.5 cm³/mol. The Morgan fingerprint density at radius 2 is 1.67 bits per heavy atom. The van der Waals surface area contributed by atoms with Gasteiger partial charge in [-0.1, -0.05) is 29.3 Å². The van der Waals surface area contributed by atoms with Crippen molar-refractivity contribution in [2.45, 2.75) is 5.88 Å². The topological polar surface area (TPSA) is 9.23 Å². The molecule has 0 N–H and O–H groups in total. The summed E-state index contributed by atoms with van der Waals surface area (Å²) in [5.74, 6) is 0.247. The SMILES string of the molecule is Fc1cc(CCl)ccc1Oc1cc(Cl)cc(Cl)c1. The van der Waals surface area contributed by atoms with Gasteiger partial charge in [-0.3, -0.25) is 0 Å². The molecule has 0 radical (unpaired) electrons. The predicted octanol–water partition coefficient (Wildman–Crippen LogP) is 5.66. The van der Waals surface area contributed by atoms with Crippen LogP contribution in [0.3, 0.4) is 0 Å². The maximum Gasteiger partial charge on any atom is 0.166 e. The second-order valence-electron chi connectivity index (χ2n) is 3.61. The van der Waals surface area contributed by atoms with Gasteiger partial charge in [-0.05, 0) is 35.9 Å². The molecule has 18 heavy (non-hydrogen) atoms. The smallest absolute Gasteiger partial charge is 0.166 e. The van der Waals surface area contributed by atoms with Gasteiger partial charge in [-0.25, -0.2) is 4.39 Å². The van der Waals surface area contributed by atoms with Gasteiger partial charge in [0.1, 0.15) is 5.75 Å². The molecule has 0 unspecified atom stereocenters. The highest BCUT2D eigenvalue weighted by atomic mass is 35.5. The third-order valence-corrected chi connectivity index (χ3v) is 2.96. The first-order chi connectivity index (χ1) is 8.58. The first-order valence-electron chi connectivity index (χ1n) is 5.07. The van der Waals surface area contributed by atoms with E-state index in [4.69, 9.17) is 39.5 Å². The lowest BCUT2D eigenvalue weighted by Gasteiger charge is -2.08. The molecule has 0 saturated heterocycles. The van der Waals surface area contributed by atoms with E-state index in [1.54, 1.807) is 24.3 Å². The Bertz CT molecular complexity index is 552. The van der Waals surface area contributed by atoms with Gasteiger partial charge in [0.2, 0.25) is 0 Å². The summed E-state index contributed by atoms with van der Waals surface area (Å²) in [4.78, 5) is 0. The monoisotopic (exact) mass is 304 g/mol. The van der Waals surface area contributed by atoms with Crippen LogP contribution >= 0.6 is 34.8 Å². The van der Waals surface area contributed by atoms with Crippen molar-refractivity contribution in [3.8, 4) is 11.5 Å². The van der Waals surface area contributed by atoms with E-state index in [1.165, 1.54) is 12.1 Å². The van der Waals surface area contributed by atoms with Crippen LogP contribution in [-0.4, -0.2) is 0 Å². The van der Waals surface area contributed by atoms with Crippen LogP contribution in [-0.2, 0) is 5.88 Å². The van der Waals surface area contributed by atoms with E-state index >= 15 is 0 Å². The minimum absolute atomic E-state index is 0.0993. The Hall–Kier alpha value is -0.960. The lowest BCUT2D eigenvalue weighted by molar-refractivity contribution is 0.442. The highest BCUT2D eigenvalue weighted by molar-refractivity contribution is 6.34. The van der Waals surface area contributed by atoms with Crippen LogP contribution in [0.5, 0.6) is 11.5 Å². The van der Waals surface area contributed by atoms with Crippen LogP contribution in [0.1, 0.15) is 5.56 Å². The Balaban J connectivity index is 2.28. The number of ether oxygens (including phenoxy) is 1. The van der Waals surface area contributed by atoms with E-state index in [1.807, 2.05) is 0 Å². The first-order valence-corrected chi connectivity index (χ1v) is 6.36. The van der Waals surface area contributed by atoms with Crippen molar-refractivity contribution >= 4 is 34.8 Å². The van der Waals surface area contributed by atoms with Gasteiger partial charge < -0.3 is 4.74 Å². The molecule has 0 aliphatic heterocycles. The highest BCUT2D eigenvalue weighted by Crippen LogP contribution is 2.30. The summed E-state index contributed by atoms with van der Waals surface area (Å²) in [6.07, 6.45) is 0. The quantitative estimate of drug-likeness (QED) is 0.664. The third-order valence-electron chi connectivity index (χ3n) is 2.21. The zero-order chi connectivity index (χ0) is 13.1. The fourth-order valence-electron chi connectivity index (χ4n) is 1.42. The molecule has 1 nitrogen and oxygen atoms in total. The molecular weight excluding hydrogens is 297 g/mol. The molecule has 94 valence electrons. The second kappa shape index (κ2) is 5.79. The maximum atomic E-state index is 13.7. The molecule has 2 aromatic rings. The number of alkyl halides is 1. The molecule has 5 heteroatoms. The zero-order valence-corrected chi connectivity index (χ0v) is 11.4. The van der Waals surface area contributed by atoms with Gasteiger partial charge in [-0.2, -0.15) is 0 Å². The molecule has 0 heterocycles. The summed E-state index contributed by atoms with van der Waals surface area (Å²) >= 11 is 17.3. The summed E-state index contributed by atoms with van der Waals surface area (Å²) in [5.41, 5.74) is 0.686. The van der Waals surface area contributed by atoms with Crippen LogP contribution in [0.2, 0.25) is 10.0 Å². The maximum absolute atomic E-state index is 13.7. The van der Waals surface area contributed by atoms with Crippen LogP contribution in [0, 0.1) is 5.82 Å². The molecule has 0 fully saturated rings. The summed E-state index contributed by atoms with van der Waals surface area (Å²) < 4.78 is 19.1. The third kappa shape index (κ3) is 3.29. The molecule has 0 aromatic heterocycles. The van der Waals surface area contributed by atoms with E-state index in [0.29, 0.717) is 21.4 Å². The number of rotatable bonds is 3. The lowest BCUT2D eigenvalue weighted by atomic mass is 10.2. The molecule has 0 saturated carbocycles. The molecule has 0 aliphatic rings. The molecule has 2 aromatic carbocycles. The first kappa shape index (κ1) is 13.5. The van der Waals surface area contributed by atoms with Crippen molar-refractivity contribution in [1.29, 1.82) is 0 Å². The molecule has 0 atom stereocenters. The molecule has 0 spiro atoms. The lowest BCUT2D eigenvalue weighted by Crippen LogP contribution is -1.90. The van der Waals surface area contributed by atoms with Crippen molar-refractivity contribution in [1.82, 2.24) is 0 Å². The second-order valence-corrected chi connectivity index (χ2v) is 4.75. The van der Waals surface area contributed by atoms with Crippen molar-refractivity contribution in [3.63, 3.8) is 0 Å². The van der Waals surface area contributed by atoms with Crippen LogP contribution in [0.4, 0.5) is 4.39 Å². The summed E-state index contributed by atoms with van der Waals surface area (Å²) in [6, 6.07) is 9.22. The van der Waals surface area contributed by atoms with Gasteiger partial charge in [0.15, 0.2) is 11.6 Å². The van der Waals surface area contributed by atoms with Crippen molar-refractivity contribution in [2.75, 3.05) is 0 Å². The zero-order valence-electron chi connectivity index (χ0n) is 9.09. The fraction of sp³-hybridized carbons (Fsp3) is 0.0769. The van der Waals surface area contributed by atoms with Gasteiger partial charge in [0, 0.05) is 15.9 Å². The fourth-order valence-corrected chi connectivity index (χ4v) is 2.10. The number of benzene rings is 2. The van der Waals surface area contributed by atoms with Gasteiger partial charge in [0.05, 0.1) is 0 Å². The minimum atomic E-state index is -0.482. The molecule has 0 aliphatic carbocycles. The normalized spacial score (nSPS) is 10.4. The largest absolute Gasteiger partial charge is 0.454 e. The van der Waals surface area contributed by atoms with Crippen molar-refractivity contribution < 1.29 is 9.13 Å². The number of hydrogen-bond donors (Lipinski definition) is 0. The molecule has 2 rings (SSSR count). The molecule has 0 amide bonds. The van der Waals surface area contributed by atoms with Gasteiger partial charge >= 0.3 is 0 Å². The van der Waals surface area contributed by atoms with Crippen molar-refractivity contribution in [3.05, 3.63) is 57.8 Å². The average molecular weight is 306 g/mol.